The summed E-state index contributed by atoms with van der Waals surface area (Å²) in [6, 6.07) is 0. The van der Waals surface area contributed by atoms with Gasteiger partial charge in [-0.15, -0.1) is 0 Å². The Morgan fingerprint density at radius 3 is 0.740 bits per heavy atom. The predicted molar refractivity (Wildman–Crippen MR) is 212 cm³/mol. The van der Waals surface area contributed by atoms with Gasteiger partial charge in [-0.1, -0.05) is 117 Å². The summed E-state index contributed by atoms with van der Waals surface area (Å²) < 4.78 is 3.31. The van der Waals surface area contributed by atoms with E-state index < -0.39 is 17.9 Å². The zero-order valence-electron chi connectivity index (χ0n) is 34.0. The smallest absolute Gasteiger partial charge is 4.00 e. The number of carbonyl (C=O) groups excluding carboxylic acids is 3. The number of rotatable bonds is 34. The fourth-order valence-electron chi connectivity index (χ4n) is 5.35. The largest absolute Gasteiger partial charge is 4.00 e. The van der Waals surface area contributed by atoms with Crippen LogP contribution in [0, 0.1) is 0 Å². The van der Waals surface area contributed by atoms with Crippen molar-refractivity contribution in [2.24, 2.45) is 0 Å². The van der Waals surface area contributed by atoms with Crippen molar-refractivity contribution in [3.63, 3.8) is 0 Å². The molecule has 0 amide bonds. The van der Waals surface area contributed by atoms with E-state index in [-0.39, 0.29) is 57.9 Å². The molecule has 0 unspecified atom stereocenters. The van der Waals surface area contributed by atoms with E-state index in [4.69, 9.17) is 9.90 Å². The Labute approximate surface area is 339 Å². The third-order valence-electron chi connectivity index (χ3n) is 8.38. The van der Waals surface area contributed by atoms with Gasteiger partial charge in [0.1, 0.15) is 0 Å². The van der Waals surface area contributed by atoms with Crippen LogP contribution in [0.25, 0.3) is 0 Å². The molecule has 292 valence electrons. The summed E-state index contributed by atoms with van der Waals surface area (Å²) in [6.07, 6.45) is 40.2. The van der Waals surface area contributed by atoms with E-state index in [1.165, 1.54) is 154 Å². The Kier molecular flexibility index (Phi) is 69.2. The SMILES string of the molecule is CC(=O)[O-].CCCCCCCCCCCC(=O)[O-].CCCCCCCCCCCC(=O)[O-].CCCCCCC[CH2][Sn+2][CH2]CCCCCCC.[Sn+4]. The first-order valence-electron chi connectivity index (χ1n) is 21.0. The monoisotopic (exact) mass is 923 g/mol. The number of hydrogen-bond donors (Lipinski definition) is 0. The van der Waals surface area contributed by atoms with Gasteiger partial charge in [-0.3, -0.25) is 0 Å². The summed E-state index contributed by atoms with van der Waals surface area (Å²) in [4.78, 5) is 29.1. The van der Waals surface area contributed by atoms with Crippen LogP contribution in [0.1, 0.15) is 240 Å². The van der Waals surface area contributed by atoms with Crippen LogP contribution in [0.3, 0.4) is 0 Å². The molecule has 8 heteroatoms. The number of carbonyl (C=O) groups is 3. The second kappa shape index (κ2) is 58.3. The molecule has 0 heterocycles. The molecule has 0 atom stereocenters. The average molecular weight is 922 g/mol. The average Bonchev–Trinajstić information content (AvgIpc) is 3.05. The minimum atomic E-state index is -1.08. The molecule has 0 aromatic rings. The molecular formula is C42H83O6Sn2+3. The maximum absolute atomic E-state index is 10.1. The summed E-state index contributed by atoms with van der Waals surface area (Å²) in [5.74, 6) is -2.90. The number of carboxylic acid groups (broad SMARTS) is 3. The van der Waals surface area contributed by atoms with Gasteiger partial charge in [0, 0.05) is 17.9 Å². The van der Waals surface area contributed by atoms with Gasteiger partial charge in [-0.25, -0.2) is 0 Å². The topological polar surface area (TPSA) is 120 Å². The second-order valence-corrected chi connectivity index (χ2v) is 18.0. The molecule has 0 saturated carbocycles. The Balaban J connectivity index is -0.000000191. The minimum absolute atomic E-state index is 0. The number of hydrogen-bond acceptors (Lipinski definition) is 6. The Morgan fingerprint density at radius 2 is 0.540 bits per heavy atom. The van der Waals surface area contributed by atoms with Gasteiger partial charge in [-0.05, 0) is 32.6 Å². The third-order valence-corrected chi connectivity index (χ3v) is 12.4. The molecule has 0 aromatic heterocycles. The first-order valence-corrected chi connectivity index (χ1v) is 25.0. The van der Waals surface area contributed by atoms with Crippen molar-refractivity contribution in [3.8, 4) is 0 Å². The molecule has 0 aliphatic carbocycles. The van der Waals surface area contributed by atoms with Crippen LogP contribution < -0.4 is 15.3 Å². The van der Waals surface area contributed by atoms with Crippen molar-refractivity contribution >= 4 is 63.0 Å². The molecule has 6 nitrogen and oxygen atoms in total. The molecule has 0 fully saturated rings. The summed E-state index contributed by atoms with van der Waals surface area (Å²) >= 11 is 0.0736. The number of aliphatic carboxylic acids is 3. The third kappa shape index (κ3) is 81.8. The van der Waals surface area contributed by atoms with Crippen LogP contribution >= 0.6 is 0 Å². The summed E-state index contributed by atoms with van der Waals surface area (Å²) in [5.41, 5.74) is 0. The van der Waals surface area contributed by atoms with E-state index >= 15 is 0 Å². The first kappa shape index (κ1) is 59.3. The zero-order chi connectivity index (χ0) is 37.5. The van der Waals surface area contributed by atoms with Crippen molar-refractivity contribution in [1.82, 2.24) is 0 Å². The Hall–Kier alpha value is 0.00740. The van der Waals surface area contributed by atoms with Gasteiger partial charge in [0.05, 0.1) is 0 Å². The molecule has 0 aliphatic heterocycles. The standard InChI is InChI=1S/2C12H24O2.2C8H17.C2H4O2.2Sn/c2*1-2-3-4-5-6-7-8-9-10-11-12(13)14;2*1-3-5-7-8-6-4-2;1-2(3)4;;/h2*2-11H2,1H3,(H,13,14);2*1,3-8H2,2H3;1H3,(H,3,4);;/q;;;;;+2;+4/p-3. The predicted octanol–water partition coefficient (Wildman–Crippen LogP) is 9.94. The minimum Gasteiger partial charge on any atom is 4.00 e. The zero-order valence-corrected chi connectivity index (χ0v) is 39.7. The van der Waals surface area contributed by atoms with E-state index in [9.17, 15) is 19.8 Å². The van der Waals surface area contributed by atoms with Crippen molar-refractivity contribution < 1.29 is 29.7 Å². The van der Waals surface area contributed by atoms with Crippen molar-refractivity contribution in [2.45, 2.75) is 249 Å². The van der Waals surface area contributed by atoms with Gasteiger partial charge in [-0.2, -0.15) is 0 Å². The van der Waals surface area contributed by atoms with E-state index in [1.54, 1.807) is 21.7 Å². The van der Waals surface area contributed by atoms with Crippen LogP contribution in [0.4, 0.5) is 0 Å². The number of carboxylic acids is 3. The van der Waals surface area contributed by atoms with Crippen molar-refractivity contribution in [2.75, 3.05) is 0 Å². The number of unbranched alkanes of at least 4 members (excludes halogenated alkanes) is 26. The quantitative estimate of drug-likeness (QED) is 0.0468. The van der Waals surface area contributed by atoms with E-state index in [1.807, 2.05) is 0 Å². The van der Waals surface area contributed by atoms with Crippen LogP contribution in [0.15, 0.2) is 0 Å². The molecule has 0 N–H and O–H groups in total. The van der Waals surface area contributed by atoms with E-state index in [2.05, 4.69) is 27.7 Å². The molecular weight excluding hydrogens is 838 g/mol. The van der Waals surface area contributed by atoms with Gasteiger partial charge < -0.3 is 29.7 Å². The Morgan fingerprint density at radius 1 is 0.360 bits per heavy atom. The molecule has 0 radical (unpaired) electrons. The molecule has 0 aromatic carbocycles. The second-order valence-electron chi connectivity index (χ2n) is 13.7. The Bertz CT molecular complexity index is 583. The van der Waals surface area contributed by atoms with Gasteiger partial charge in [0.25, 0.3) is 0 Å². The van der Waals surface area contributed by atoms with Gasteiger partial charge in [0.2, 0.25) is 0 Å². The molecule has 50 heavy (non-hydrogen) atoms. The normalized spacial score (nSPS) is 9.86. The van der Waals surface area contributed by atoms with Gasteiger partial charge >= 0.3 is 145 Å². The maximum Gasteiger partial charge on any atom is 4.00 e. The fraction of sp³-hybridized carbons (Fsp3) is 0.929. The van der Waals surface area contributed by atoms with Gasteiger partial charge in [0.15, 0.2) is 0 Å². The van der Waals surface area contributed by atoms with Crippen molar-refractivity contribution in [3.05, 3.63) is 0 Å². The van der Waals surface area contributed by atoms with Crippen LogP contribution in [0.5, 0.6) is 0 Å². The molecule has 0 bridgehead atoms. The van der Waals surface area contributed by atoms with E-state index in [0.29, 0.717) is 0 Å². The first-order chi connectivity index (χ1) is 23.7. The molecule has 0 saturated heterocycles. The van der Waals surface area contributed by atoms with E-state index in [0.717, 1.165) is 32.6 Å². The molecule has 0 aliphatic rings. The summed E-state index contributed by atoms with van der Waals surface area (Å²) in [5, 5.41) is 29.1. The van der Waals surface area contributed by atoms with Crippen LogP contribution in [0.2, 0.25) is 8.87 Å². The van der Waals surface area contributed by atoms with Crippen LogP contribution in [-0.4, -0.2) is 63.0 Å². The van der Waals surface area contributed by atoms with Crippen LogP contribution in [-0.2, 0) is 14.4 Å². The molecule has 0 spiro atoms. The maximum atomic E-state index is 10.1. The summed E-state index contributed by atoms with van der Waals surface area (Å²) in [6.45, 7) is 10.0. The fourth-order valence-corrected chi connectivity index (χ4v) is 8.91. The molecule has 0 rings (SSSR count). The van der Waals surface area contributed by atoms with Crippen molar-refractivity contribution in [1.29, 1.82) is 0 Å². The summed E-state index contributed by atoms with van der Waals surface area (Å²) in [7, 11) is 0.